The number of aryl methyl sites for hydroxylation is 2. The monoisotopic (exact) mass is 376 g/mol. The fourth-order valence-electron chi connectivity index (χ4n) is 3.31. The fourth-order valence-corrected chi connectivity index (χ4v) is 3.53. The van der Waals surface area contributed by atoms with Gasteiger partial charge in [0.25, 0.3) is 5.91 Å². The molecule has 3 rings (SSSR count). The summed E-state index contributed by atoms with van der Waals surface area (Å²) in [5.41, 5.74) is 1.50. The number of halogens is 1. The van der Waals surface area contributed by atoms with E-state index in [1.54, 1.807) is 26.4 Å². The molecule has 0 radical (unpaired) electrons. The summed E-state index contributed by atoms with van der Waals surface area (Å²) in [7, 11) is 5.39. The average Bonchev–Trinajstić information content (AvgIpc) is 2.94. The Hall–Kier alpha value is -2.28. The number of pyridine rings is 1. The SMILES string of the molecule is Cc1cc(N2CCCC(Nc3ncc(C(=O)N(C)C)cc3Cl)C2)n(C)n1. The van der Waals surface area contributed by atoms with Crippen molar-refractivity contribution in [3.63, 3.8) is 0 Å². The first-order chi connectivity index (χ1) is 12.3. The zero-order valence-corrected chi connectivity index (χ0v) is 16.4. The van der Waals surface area contributed by atoms with Gasteiger partial charge in [0.2, 0.25) is 0 Å². The number of aromatic nitrogens is 3. The number of nitrogens with zero attached hydrogens (tertiary/aromatic N) is 5. The van der Waals surface area contributed by atoms with Gasteiger partial charge < -0.3 is 15.1 Å². The van der Waals surface area contributed by atoms with E-state index in [2.05, 4.69) is 26.4 Å². The molecule has 26 heavy (non-hydrogen) atoms. The van der Waals surface area contributed by atoms with Crippen LogP contribution in [0.5, 0.6) is 0 Å². The van der Waals surface area contributed by atoms with Gasteiger partial charge in [-0.25, -0.2) is 4.98 Å². The Morgan fingerprint density at radius 1 is 1.38 bits per heavy atom. The molecule has 1 aliphatic heterocycles. The van der Waals surface area contributed by atoms with E-state index >= 15 is 0 Å². The lowest BCUT2D eigenvalue weighted by Gasteiger charge is -2.34. The highest BCUT2D eigenvalue weighted by atomic mass is 35.5. The summed E-state index contributed by atoms with van der Waals surface area (Å²) in [5.74, 6) is 1.64. The van der Waals surface area contributed by atoms with Gasteiger partial charge in [-0.2, -0.15) is 5.10 Å². The Kier molecular flexibility index (Phi) is 5.36. The lowest BCUT2D eigenvalue weighted by atomic mass is 10.1. The Balaban J connectivity index is 1.70. The van der Waals surface area contributed by atoms with Gasteiger partial charge in [0.15, 0.2) is 0 Å². The van der Waals surface area contributed by atoms with Crippen LogP contribution >= 0.6 is 11.6 Å². The minimum atomic E-state index is -0.110. The zero-order chi connectivity index (χ0) is 18.8. The predicted octanol–water partition coefficient (Wildman–Crippen LogP) is 2.56. The summed E-state index contributed by atoms with van der Waals surface area (Å²) in [4.78, 5) is 20.2. The lowest BCUT2D eigenvalue weighted by Crippen LogP contribution is -2.43. The fraction of sp³-hybridized carbons (Fsp3) is 0.500. The molecule has 3 heterocycles. The van der Waals surface area contributed by atoms with Gasteiger partial charge in [-0.1, -0.05) is 11.6 Å². The van der Waals surface area contributed by atoms with E-state index in [9.17, 15) is 4.79 Å². The van der Waals surface area contributed by atoms with Crippen LogP contribution in [0.4, 0.5) is 11.6 Å². The normalized spacial score (nSPS) is 17.3. The van der Waals surface area contributed by atoms with Gasteiger partial charge in [-0.15, -0.1) is 0 Å². The molecule has 140 valence electrons. The molecule has 0 aromatic carbocycles. The summed E-state index contributed by atoms with van der Waals surface area (Å²) < 4.78 is 1.92. The highest BCUT2D eigenvalue weighted by Crippen LogP contribution is 2.25. The molecule has 1 N–H and O–H groups in total. The van der Waals surface area contributed by atoms with E-state index in [1.165, 1.54) is 4.90 Å². The van der Waals surface area contributed by atoms with Gasteiger partial charge in [0, 0.05) is 52.5 Å². The molecule has 8 heteroatoms. The van der Waals surface area contributed by atoms with Crippen molar-refractivity contribution in [2.75, 3.05) is 37.4 Å². The van der Waals surface area contributed by atoms with Crippen LogP contribution in [0.25, 0.3) is 0 Å². The molecule has 1 saturated heterocycles. The van der Waals surface area contributed by atoms with E-state index < -0.39 is 0 Å². The Morgan fingerprint density at radius 3 is 2.77 bits per heavy atom. The van der Waals surface area contributed by atoms with Gasteiger partial charge in [0.1, 0.15) is 11.6 Å². The number of hydrogen-bond acceptors (Lipinski definition) is 5. The van der Waals surface area contributed by atoms with Gasteiger partial charge in [-0.3, -0.25) is 9.48 Å². The number of anilines is 2. The number of carbonyl (C=O) groups excluding carboxylic acids is 1. The van der Waals surface area contributed by atoms with Gasteiger partial charge in [0.05, 0.1) is 16.3 Å². The second kappa shape index (κ2) is 7.53. The largest absolute Gasteiger partial charge is 0.364 e. The van der Waals surface area contributed by atoms with Crippen LogP contribution in [0.1, 0.15) is 28.9 Å². The second-order valence-electron chi connectivity index (χ2n) is 6.95. The molecule has 0 bridgehead atoms. The van der Waals surface area contributed by atoms with Gasteiger partial charge in [-0.05, 0) is 25.8 Å². The maximum absolute atomic E-state index is 12.0. The van der Waals surface area contributed by atoms with E-state index in [4.69, 9.17) is 11.6 Å². The number of rotatable bonds is 4. The van der Waals surface area contributed by atoms with E-state index in [-0.39, 0.29) is 11.9 Å². The number of nitrogens with one attached hydrogen (secondary N) is 1. The molecule has 1 amide bonds. The third kappa shape index (κ3) is 3.93. The maximum Gasteiger partial charge on any atom is 0.254 e. The van der Waals surface area contributed by atoms with Crippen LogP contribution < -0.4 is 10.2 Å². The molecule has 0 spiro atoms. The molecule has 0 aliphatic carbocycles. The van der Waals surface area contributed by atoms with Crippen molar-refractivity contribution in [3.8, 4) is 0 Å². The van der Waals surface area contributed by atoms with Crippen molar-refractivity contribution in [2.45, 2.75) is 25.8 Å². The van der Waals surface area contributed by atoms with Crippen molar-refractivity contribution in [3.05, 3.63) is 34.6 Å². The Morgan fingerprint density at radius 2 is 2.15 bits per heavy atom. The highest BCUT2D eigenvalue weighted by molar-refractivity contribution is 6.33. The van der Waals surface area contributed by atoms with Crippen molar-refractivity contribution >= 4 is 29.1 Å². The topological polar surface area (TPSA) is 66.3 Å². The first kappa shape index (κ1) is 18.5. The first-order valence-corrected chi connectivity index (χ1v) is 9.12. The van der Waals surface area contributed by atoms with E-state index in [0.29, 0.717) is 16.4 Å². The number of amides is 1. The molecule has 1 unspecified atom stereocenters. The summed E-state index contributed by atoms with van der Waals surface area (Å²) >= 11 is 6.36. The third-order valence-corrected chi connectivity index (χ3v) is 4.85. The average molecular weight is 377 g/mol. The summed E-state index contributed by atoms with van der Waals surface area (Å²) in [5, 5.41) is 8.33. The number of hydrogen-bond donors (Lipinski definition) is 1. The van der Waals surface area contributed by atoms with E-state index in [0.717, 1.165) is 37.4 Å². The molecule has 1 aliphatic rings. The molecular formula is C18H25ClN6O. The molecule has 1 fully saturated rings. The summed E-state index contributed by atoms with van der Waals surface area (Å²) in [6.45, 7) is 3.87. The second-order valence-corrected chi connectivity index (χ2v) is 7.36. The molecular weight excluding hydrogens is 352 g/mol. The van der Waals surface area contributed by atoms with E-state index in [1.807, 2.05) is 18.7 Å². The van der Waals surface area contributed by atoms with Crippen molar-refractivity contribution in [1.29, 1.82) is 0 Å². The van der Waals surface area contributed by atoms with Crippen LogP contribution in [-0.4, -0.2) is 58.8 Å². The molecule has 1 atom stereocenters. The van der Waals surface area contributed by atoms with Crippen LogP contribution in [0, 0.1) is 6.92 Å². The molecule has 0 saturated carbocycles. The molecule has 2 aromatic heterocycles. The number of piperidine rings is 1. The van der Waals surface area contributed by atoms with Crippen LogP contribution in [0.2, 0.25) is 5.02 Å². The minimum absolute atomic E-state index is 0.110. The van der Waals surface area contributed by atoms with Crippen molar-refractivity contribution < 1.29 is 4.79 Å². The Bertz CT molecular complexity index is 803. The zero-order valence-electron chi connectivity index (χ0n) is 15.7. The molecule has 7 nitrogen and oxygen atoms in total. The van der Waals surface area contributed by atoms with Crippen LogP contribution in [-0.2, 0) is 7.05 Å². The predicted molar refractivity (Wildman–Crippen MR) is 104 cm³/mol. The smallest absolute Gasteiger partial charge is 0.254 e. The number of carbonyl (C=O) groups is 1. The maximum atomic E-state index is 12.0. The quantitative estimate of drug-likeness (QED) is 0.888. The van der Waals surface area contributed by atoms with Gasteiger partial charge >= 0.3 is 0 Å². The van der Waals surface area contributed by atoms with Crippen molar-refractivity contribution in [1.82, 2.24) is 19.7 Å². The summed E-state index contributed by atoms with van der Waals surface area (Å²) in [6, 6.07) is 4.01. The first-order valence-electron chi connectivity index (χ1n) is 8.74. The Labute approximate surface area is 158 Å². The summed E-state index contributed by atoms with van der Waals surface area (Å²) in [6.07, 6.45) is 3.70. The van der Waals surface area contributed by atoms with Crippen molar-refractivity contribution in [2.24, 2.45) is 7.05 Å². The molecule has 2 aromatic rings. The lowest BCUT2D eigenvalue weighted by molar-refractivity contribution is 0.0827. The standard InChI is InChI=1S/C18H25ClN6O/c1-12-8-16(24(4)22-12)25-7-5-6-14(11-25)21-17-15(19)9-13(10-20-17)18(26)23(2)3/h8-10,14H,5-7,11H2,1-4H3,(H,20,21). The van der Waals surface area contributed by atoms with Crippen LogP contribution in [0.3, 0.4) is 0 Å². The third-order valence-electron chi connectivity index (χ3n) is 4.56. The highest BCUT2D eigenvalue weighted by Gasteiger charge is 2.23. The minimum Gasteiger partial charge on any atom is -0.364 e. The van der Waals surface area contributed by atoms with Crippen LogP contribution in [0.15, 0.2) is 18.3 Å².